The fourth-order valence-corrected chi connectivity index (χ4v) is 2.80. The van der Waals surface area contributed by atoms with E-state index in [-0.39, 0.29) is 5.78 Å². The van der Waals surface area contributed by atoms with Gasteiger partial charge in [-0.2, -0.15) is 0 Å². The molecule has 0 aliphatic heterocycles. The average molecular weight is 270 g/mol. The largest absolute Gasteiger partial charge is 0.299 e. The van der Waals surface area contributed by atoms with Crippen LogP contribution in [0.1, 0.15) is 17.7 Å². The first-order valence-corrected chi connectivity index (χ1v) is 7.16. The first kappa shape index (κ1) is 12.1. The van der Waals surface area contributed by atoms with Crippen molar-refractivity contribution in [3.63, 3.8) is 0 Å². The lowest BCUT2D eigenvalue weighted by atomic mass is 10.1. The van der Waals surface area contributed by atoms with Crippen molar-refractivity contribution in [2.45, 2.75) is 19.3 Å². The van der Waals surface area contributed by atoms with Crippen molar-refractivity contribution in [1.82, 2.24) is 9.38 Å². The van der Waals surface area contributed by atoms with E-state index in [9.17, 15) is 4.79 Å². The number of rotatable bonds is 5. The normalized spacial score (nSPS) is 10.9. The van der Waals surface area contributed by atoms with E-state index in [0.717, 1.165) is 17.1 Å². The van der Waals surface area contributed by atoms with Gasteiger partial charge in [-0.05, 0) is 12.0 Å². The summed E-state index contributed by atoms with van der Waals surface area (Å²) in [5, 5.41) is 1.99. The SMILES string of the molecule is O=C(CCc1ccccc1)Cc1cn2ccsc2n1. The van der Waals surface area contributed by atoms with Crippen LogP contribution >= 0.6 is 11.3 Å². The molecule has 0 saturated heterocycles. The number of carbonyl (C=O) groups is 1. The summed E-state index contributed by atoms with van der Waals surface area (Å²) in [7, 11) is 0. The van der Waals surface area contributed by atoms with Crippen LogP contribution in [-0.4, -0.2) is 15.2 Å². The number of imidazole rings is 1. The Morgan fingerprint density at radius 1 is 1.26 bits per heavy atom. The van der Waals surface area contributed by atoms with E-state index in [4.69, 9.17) is 0 Å². The zero-order chi connectivity index (χ0) is 13.1. The van der Waals surface area contributed by atoms with Gasteiger partial charge in [-0.3, -0.25) is 9.20 Å². The summed E-state index contributed by atoms with van der Waals surface area (Å²) in [6.45, 7) is 0. The van der Waals surface area contributed by atoms with Gasteiger partial charge in [0, 0.05) is 24.2 Å². The van der Waals surface area contributed by atoms with E-state index < -0.39 is 0 Å². The molecular weight excluding hydrogens is 256 g/mol. The Labute approximate surface area is 115 Å². The topological polar surface area (TPSA) is 34.4 Å². The standard InChI is InChI=1S/C15H14N2OS/c18-14(7-6-12-4-2-1-3-5-12)10-13-11-17-8-9-19-15(17)16-13/h1-5,8-9,11H,6-7,10H2. The summed E-state index contributed by atoms with van der Waals surface area (Å²) in [6.07, 6.45) is 5.72. The van der Waals surface area contributed by atoms with Crippen molar-refractivity contribution < 1.29 is 4.79 Å². The first-order chi connectivity index (χ1) is 9.31. The third kappa shape index (κ3) is 2.90. The van der Waals surface area contributed by atoms with Crippen LogP contribution in [0.15, 0.2) is 48.1 Å². The third-order valence-electron chi connectivity index (χ3n) is 3.06. The predicted molar refractivity (Wildman–Crippen MR) is 76.5 cm³/mol. The van der Waals surface area contributed by atoms with Gasteiger partial charge in [0.05, 0.1) is 12.1 Å². The van der Waals surface area contributed by atoms with E-state index in [1.165, 1.54) is 5.56 Å². The molecule has 0 aliphatic rings. The van der Waals surface area contributed by atoms with Crippen LogP contribution in [-0.2, 0) is 17.6 Å². The summed E-state index contributed by atoms with van der Waals surface area (Å²) >= 11 is 1.59. The Balaban J connectivity index is 1.58. The molecule has 0 N–H and O–H groups in total. The van der Waals surface area contributed by atoms with Gasteiger partial charge in [0.25, 0.3) is 0 Å². The molecule has 0 bridgehead atoms. The Bertz CT molecular complexity index is 656. The third-order valence-corrected chi connectivity index (χ3v) is 3.83. The Morgan fingerprint density at radius 3 is 2.89 bits per heavy atom. The maximum Gasteiger partial charge on any atom is 0.193 e. The molecule has 0 saturated carbocycles. The molecule has 0 fully saturated rings. The summed E-state index contributed by atoms with van der Waals surface area (Å²) in [6, 6.07) is 10.1. The maximum absolute atomic E-state index is 11.9. The van der Waals surface area contributed by atoms with E-state index in [1.54, 1.807) is 11.3 Å². The van der Waals surface area contributed by atoms with Gasteiger partial charge < -0.3 is 0 Å². The van der Waals surface area contributed by atoms with Gasteiger partial charge in [0.15, 0.2) is 4.96 Å². The average Bonchev–Trinajstić information content (AvgIpc) is 2.98. The van der Waals surface area contributed by atoms with Crippen LogP contribution in [0.4, 0.5) is 0 Å². The minimum atomic E-state index is 0.245. The number of hydrogen-bond acceptors (Lipinski definition) is 3. The van der Waals surface area contributed by atoms with Crippen LogP contribution < -0.4 is 0 Å². The second-order valence-electron chi connectivity index (χ2n) is 4.53. The minimum absolute atomic E-state index is 0.245. The molecule has 0 amide bonds. The number of Topliss-reactive ketones (excluding diaryl/α,β-unsaturated/α-hetero) is 1. The van der Waals surface area contributed by atoms with Gasteiger partial charge >= 0.3 is 0 Å². The van der Waals surface area contributed by atoms with Gasteiger partial charge in [0.1, 0.15) is 5.78 Å². The zero-order valence-corrected chi connectivity index (χ0v) is 11.3. The maximum atomic E-state index is 11.9. The smallest absolute Gasteiger partial charge is 0.193 e. The van der Waals surface area contributed by atoms with E-state index >= 15 is 0 Å². The molecule has 3 nitrogen and oxygen atoms in total. The number of benzene rings is 1. The fraction of sp³-hybridized carbons (Fsp3) is 0.200. The van der Waals surface area contributed by atoms with Crippen molar-refractivity contribution in [3.05, 3.63) is 59.4 Å². The van der Waals surface area contributed by atoms with Crippen LogP contribution in [0.5, 0.6) is 0 Å². The highest BCUT2D eigenvalue weighted by molar-refractivity contribution is 7.15. The second-order valence-corrected chi connectivity index (χ2v) is 5.40. The monoisotopic (exact) mass is 270 g/mol. The fourth-order valence-electron chi connectivity index (χ4n) is 2.08. The number of aromatic nitrogens is 2. The first-order valence-electron chi connectivity index (χ1n) is 6.28. The van der Waals surface area contributed by atoms with Crippen molar-refractivity contribution in [2.75, 3.05) is 0 Å². The van der Waals surface area contributed by atoms with E-state index in [1.807, 2.05) is 40.4 Å². The number of thiazole rings is 1. The minimum Gasteiger partial charge on any atom is -0.299 e. The number of nitrogens with zero attached hydrogens (tertiary/aromatic N) is 2. The number of hydrogen-bond donors (Lipinski definition) is 0. The molecular formula is C15H14N2OS. The van der Waals surface area contributed by atoms with Crippen LogP contribution in [0, 0.1) is 0 Å². The lowest BCUT2D eigenvalue weighted by Crippen LogP contribution is -2.04. The second kappa shape index (κ2) is 5.36. The number of fused-ring (bicyclic) bond motifs is 1. The number of ketones is 1. The molecule has 0 unspecified atom stereocenters. The quantitative estimate of drug-likeness (QED) is 0.714. The Hall–Kier alpha value is -1.94. The molecule has 2 aromatic heterocycles. The molecule has 2 heterocycles. The van der Waals surface area contributed by atoms with Gasteiger partial charge in [-0.15, -0.1) is 11.3 Å². The lowest BCUT2D eigenvalue weighted by Gasteiger charge is -1.99. The van der Waals surface area contributed by atoms with Crippen molar-refractivity contribution >= 4 is 22.1 Å². The van der Waals surface area contributed by atoms with E-state index in [2.05, 4.69) is 17.1 Å². The summed E-state index contributed by atoms with van der Waals surface area (Å²) in [5.74, 6) is 0.245. The molecule has 1 aromatic carbocycles. The molecule has 3 rings (SSSR count). The van der Waals surface area contributed by atoms with Crippen molar-refractivity contribution in [1.29, 1.82) is 0 Å². The highest BCUT2D eigenvalue weighted by atomic mass is 32.1. The predicted octanol–water partition coefficient (Wildman–Crippen LogP) is 3.14. The van der Waals surface area contributed by atoms with Crippen LogP contribution in [0.2, 0.25) is 0 Å². The summed E-state index contributed by atoms with van der Waals surface area (Å²) in [5.41, 5.74) is 2.08. The van der Waals surface area contributed by atoms with Crippen LogP contribution in [0.25, 0.3) is 4.96 Å². The summed E-state index contributed by atoms with van der Waals surface area (Å²) < 4.78 is 1.96. The highest BCUT2D eigenvalue weighted by Crippen LogP contribution is 2.12. The number of aryl methyl sites for hydroxylation is 1. The lowest BCUT2D eigenvalue weighted by molar-refractivity contribution is -0.118. The van der Waals surface area contributed by atoms with Gasteiger partial charge in [-0.1, -0.05) is 30.3 Å². The number of carbonyl (C=O) groups excluding carboxylic acids is 1. The molecule has 3 aromatic rings. The molecule has 0 atom stereocenters. The van der Waals surface area contributed by atoms with E-state index in [0.29, 0.717) is 12.8 Å². The molecule has 19 heavy (non-hydrogen) atoms. The summed E-state index contributed by atoms with van der Waals surface area (Å²) in [4.78, 5) is 17.3. The van der Waals surface area contributed by atoms with Crippen molar-refractivity contribution in [2.24, 2.45) is 0 Å². The Kier molecular flexibility index (Phi) is 3.42. The Morgan fingerprint density at radius 2 is 2.11 bits per heavy atom. The molecule has 96 valence electrons. The van der Waals surface area contributed by atoms with Crippen LogP contribution in [0.3, 0.4) is 0 Å². The molecule has 0 aliphatic carbocycles. The zero-order valence-electron chi connectivity index (χ0n) is 10.5. The highest BCUT2D eigenvalue weighted by Gasteiger charge is 2.08. The van der Waals surface area contributed by atoms with Crippen molar-refractivity contribution in [3.8, 4) is 0 Å². The molecule has 4 heteroatoms. The van der Waals surface area contributed by atoms with Gasteiger partial charge in [0.2, 0.25) is 0 Å². The molecule has 0 spiro atoms. The van der Waals surface area contributed by atoms with Gasteiger partial charge in [-0.25, -0.2) is 4.98 Å². The molecule has 0 radical (unpaired) electrons.